The van der Waals surface area contributed by atoms with Crippen LogP contribution in [0.5, 0.6) is 0 Å². The number of nitrogens with one attached hydrogen (secondary N) is 2. The van der Waals surface area contributed by atoms with Gasteiger partial charge in [-0.05, 0) is 39.0 Å². The first-order valence-corrected chi connectivity index (χ1v) is 11.8. The summed E-state index contributed by atoms with van der Waals surface area (Å²) in [7, 11) is 0. The third-order valence-corrected chi connectivity index (χ3v) is 6.14. The van der Waals surface area contributed by atoms with Gasteiger partial charge in [0, 0.05) is 20.3 Å². The predicted octanol–water partition coefficient (Wildman–Crippen LogP) is 5.96. The van der Waals surface area contributed by atoms with Gasteiger partial charge >= 0.3 is 0 Å². The van der Waals surface area contributed by atoms with Crippen LogP contribution >= 0.6 is 0 Å². The fraction of sp³-hybridized carbons (Fsp3) is 0.792. The molecule has 0 aromatic rings. The molecule has 0 aromatic heterocycles. The van der Waals surface area contributed by atoms with E-state index in [9.17, 15) is 4.79 Å². The lowest BCUT2D eigenvalue weighted by Crippen LogP contribution is -2.62. The minimum atomic E-state index is 0.0465. The minimum Gasteiger partial charge on any atom is -0.338 e. The first-order chi connectivity index (χ1) is 13.6. The SMILES string of the molecule is CCCCCCCC/C=C/CCCCCC1NC=C[N+]1(CC)C(C)NC(C)=O. The molecule has 0 bridgehead atoms. The lowest BCUT2D eigenvalue weighted by Gasteiger charge is -2.41. The maximum atomic E-state index is 11.5. The number of unbranched alkanes of at least 4 members (excludes halogenated alkanes) is 9. The van der Waals surface area contributed by atoms with Crippen LogP contribution in [0.1, 0.15) is 105 Å². The zero-order valence-corrected chi connectivity index (χ0v) is 19.0. The van der Waals surface area contributed by atoms with E-state index >= 15 is 0 Å². The standard InChI is InChI=1S/C24H45N3O/c1-5-7-8-9-10-11-12-13-14-15-16-17-18-19-24-25-20-21-27(24,6-2)22(3)26-23(4)28/h13-14,20-22,24-25H,5-12,15-19H2,1-4H3/p+1/b14-13+. The van der Waals surface area contributed by atoms with Gasteiger partial charge in [0.25, 0.3) is 0 Å². The molecular formula is C24H46N3O+. The Morgan fingerprint density at radius 1 is 1.04 bits per heavy atom. The summed E-state index contributed by atoms with van der Waals surface area (Å²) in [5.41, 5.74) is 0. The Labute approximate surface area is 174 Å². The van der Waals surface area contributed by atoms with Crippen LogP contribution in [-0.2, 0) is 4.79 Å². The molecule has 0 saturated heterocycles. The largest absolute Gasteiger partial charge is 0.338 e. The highest BCUT2D eigenvalue weighted by atomic mass is 16.1. The van der Waals surface area contributed by atoms with Crippen LogP contribution in [-0.4, -0.2) is 29.3 Å². The molecule has 2 N–H and O–H groups in total. The third kappa shape index (κ3) is 8.81. The number of quaternary nitrogens is 1. The van der Waals surface area contributed by atoms with E-state index in [0.29, 0.717) is 6.17 Å². The normalized spacial score (nSPS) is 22.5. The van der Waals surface area contributed by atoms with Gasteiger partial charge in [0.15, 0.2) is 12.3 Å². The molecule has 0 spiro atoms. The van der Waals surface area contributed by atoms with Crippen molar-refractivity contribution in [2.45, 2.75) is 117 Å². The molecular weight excluding hydrogens is 346 g/mol. The molecule has 28 heavy (non-hydrogen) atoms. The summed E-state index contributed by atoms with van der Waals surface area (Å²) in [6.45, 7) is 9.18. The maximum absolute atomic E-state index is 11.5. The highest BCUT2D eigenvalue weighted by molar-refractivity contribution is 5.72. The zero-order valence-electron chi connectivity index (χ0n) is 19.0. The number of nitrogens with zero attached hydrogens (tertiary/aromatic N) is 1. The molecule has 0 saturated carbocycles. The lowest BCUT2D eigenvalue weighted by molar-refractivity contribution is -0.923. The minimum absolute atomic E-state index is 0.0465. The molecule has 4 heteroatoms. The third-order valence-electron chi connectivity index (χ3n) is 6.14. The number of hydrogen-bond acceptors (Lipinski definition) is 2. The summed E-state index contributed by atoms with van der Waals surface area (Å²) in [5.74, 6) is 0.0465. The van der Waals surface area contributed by atoms with Crippen molar-refractivity contribution >= 4 is 5.91 Å². The van der Waals surface area contributed by atoms with Gasteiger partial charge in [-0.1, -0.05) is 57.6 Å². The van der Waals surface area contributed by atoms with Crippen LogP contribution in [0.25, 0.3) is 0 Å². The monoisotopic (exact) mass is 392 g/mol. The van der Waals surface area contributed by atoms with Crippen molar-refractivity contribution in [2.24, 2.45) is 0 Å². The molecule has 3 atom stereocenters. The van der Waals surface area contributed by atoms with Gasteiger partial charge in [-0.25, -0.2) is 0 Å². The maximum Gasteiger partial charge on any atom is 0.221 e. The van der Waals surface area contributed by atoms with Gasteiger partial charge in [-0.15, -0.1) is 0 Å². The van der Waals surface area contributed by atoms with E-state index in [1.165, 1.54) is 70.6 Å². The van der Waals surface area contributed by atoms with Crippen LogP contribution in [0.3, 0.4) is 0 Å². The van der Waals surface area contributed by atoms with E-state index in [1.807, 2.05) is 0 Å². The molecule has 4 nitrogen and oxygen atoms in total. The summed E-state index contributed by atoms with van der Waals surface area (Å²) in [5, 5.41) is 6.61. The molecule has 162 valence electrons. The highest BCUT2D eigenvalue weighted by Gasteiger charge is 2.41. The Balaban J connectivity index is 2.15. The molecule has 1 aliphatic heterocycles. The van der Waals surface area contributed by atoms with Crippen LogP contribution < -0.4 is 10.6 Å². The van der Waals surface area contributed by atoms with Crippen LogP contribution in [0, 0.1) is 0 Å². The first kappa shape index (κ1) is 24.7. The second-order valence-corrected chi connectivity index (χ2v) is 8.35. The number of carbonyl (C=O) groups is 1. The lowest BCUT2D eigenvalue weighted by atomic mass is 10.1. The predicted molar refractivity (Wildman–Crippen MR) is 120 cm³/mol. The number of allylic oxidation sites excluding steroid dienone is 2. The Kier molecular flexibility index (Phi) is 13.0. The van der Waals surface area contributed by atoms with Crippen molar-refractivity contribution in [1.82, 2.24) is 10.6 Å². The zero-order chi connectivity index (χ0) is 20.7. The van der Waals surface area contributed by atoms with Crippen molar-refractivity contribution in [3.8, 4) is 0 Å². The molecule has 1 heterocycles. The van der Waals surface area contributed by atoms with E-state index in [2.05, 4.69) is 56.0 Å². The molecule has 0 aliphatic carbocycles. The number of amides is 1. The van der Waals surface area contributed by atoms with Gasteiger partial charge in [-0.2, -0.15) is 0 Å². The van der Waals surface area contributed by atoms with Crippen molar-refractivity contribution in [2.75, 3.05) is 6.54 Å². The van der Waals surface area contributed by atoms with Gasteiger partial charge in [-0.3, -0.25) is 9.28 Å². The second kappa shape index (κ2) is 14.7. The summed E-state index contributed by atoms with van der Waals surface area (Å²) in [4.78, 5) is 11.5. The summed E-state index contributed by atoms with van der Waals surface area (Å²) < 4.78 is 0.803. The first-order valence-electron chi connectivity index (χ1n) is 11.8. The highest BCUT2D eigenvalue weighted by Crippen LogP contribution is 2.26. The number of rotatable bonds is 16. The van der Waals surface area contributed by atoms with Crippen LogP contribution in [0.4, 0.5) is 0 Å². The molecule has 0 radical (unpaired) electrons. The van der Waals surface area contributed by atoms with E-state index < -0.39 is 0 Å². The van der Waals surface area contributed by atoms with Gasteiger partial charge < -0.3 is 10.6 Å². The molecule has 3 unspecified atom stereocenters. The average molecular weight is 393 g/mol. The van der Waals surface area contributed by atoms with Crippen LogP contribution in [0.2, 0.25) is 0 Å². The number of carbonyl (C=O) groups excluding carboxylic acids is 1. The second-order valence-electron chi connectivity index (χ2n) is 8.35. The van der Waals surface area contributed by atoms with Crippen LogP contribution in [0.15, 0.2) is 24.6 Å². The average Bonchev–Trinajstić information content (AvgIpc) is 3.09. The Morgan fingerprint density at radius 3 is 2.25 bits per heavy atom. The summed E-state index contributed by atoms with van der Waals surface area (Å²) >= 11 is 0. The van der Waals surface area contributed by atoms with Gasteiger partial charge in [0.2, 0.25) is 5.91 Å². The van der Waals surface area contributed by atoms with Crippen molar-refractivity contribution < 1.29 is 9.28 Å². The fourth-order valence-corrected chi connectivity index (χ4v) is 4.33. The Morgan fingerprint density at radius 2 is 1.64 bits per heavy atom. The van der Waals surface area contributed by atoms with E-state index in [-0.39, 0.29) is 12.1 Å². The van der Waals surface area contributed by atoms with Crippen molar-refractivity contribution in [3.05, 3.63) is 24.6 Å². The van der Waals surface area contributed by atoms with Crippen molar-refractivity contribution in [3.63, 3.8) is 0 Å². The van der Waals surface area contributed by atoms with E-state index in [1.54, 1.807) is 6.92 Å². The summed E-state index contributed by atoms with van der Waals surface area (Å²) in [6.07, 6.45) is 25.2. The fourth-order valence-electron chi connectivity index (χ4n) is 4.33. The molecule has 0 fully saturated rings. The summed E-state index contributed by atoms with van der Waals surface area (Å²) in [6, 6.07) is 0. The van der Waals surface area contributed by atoms with Gasteiger partial charge in [0.1, 0.15) is 6.20 Å². The van der Waals surface area contributed by atoms with E-state index in [0.717, 1.165) is 17.4 Å². The molecule has 1 rings (SSSR count). The smallest absolute Gasteiger partial charge is 0.221 e. The van der Waals surface area contributed by atoms with Crippen molar-refractivity contribution in [1.29, 1.82) is 0 Å². The topological polar surface area (TPSA) is 41.1 Å². The Bertz CT molecular complexity index is 474. The molecule has 1 aliphatic rings. The quantitative estimate of drug-likeness (QED) is 0.193. The molecule has 0 aromatic carbocycles. The van der Waals surface area contributed by atoms with Gasteiger partial charge in [0.05, 0.1) is 12.7 Å². The molecule has 1 amide bonds. The Hall–Kier alpha value is -1.29. The number of hydrogen-bond donors (Lipinski definition) is 2. The van der Waals surface area contributed by atoms with E-state index in [4.69, 9.17) is 0 Å².